The third-order valence-corrected chi connectivity index (χ3v) is 2.40. The van der Waals surface area contributed by atoms with Crippen LogP contribution in [0.4, 0.5) is 0 Å². The molecule has 5 nitrogen and oxygen atoms in total. The Hall–Kier alpha value is -1.69. The molecule has 0 fully saturated rings. The van der Waals surface area contributed by atoms with Crippen LogP contribution in [0.1, 0.15) is 15.5 Å². The third kappa shape index (κ3) is 1.39. The zero-order chi connectivity index (χ0) is 10.1. The van der Waals surface area contributed by atoms with Crippen LogP contribution < -0.4 is 0 Å². The van der Waals surface area contributed by atoms with E-state index in [-0.39, 0.29) is 11.5 Å². The summed E-state index contributed by atoms with van der Waals surface area (Å²) in [5.74, 6) is -0.902. The minimum atomic E-state index is -1.11. The fourth-order valence-electron chi connectivity index (χ4n) is 1.05. The number of aromatic carboxylic acids is 1. The summed E-state index contributed by atoms with van der Waals surface area (Å²) in [4.78, 5) is 18.4. The SMILES string of the molecule is Cc1nc(-c2ocnc2C(=O)O)cs1. The summed E-state index contributed by atoms with van der Waals surface area (Å²) in [6.07, 6.45) is 1.10. The molecule has 2 aromatic heterocycles. The molecule has 0 radical (unpaired) electrons. The van der Waals surface area contributed by atoms with Gasteiger partial charge in [0.1, 0.15) is 5.69 Å². The number of carboxylic acid groups (broad SMARTS) is 1. The van der Waals surface area contributed by atoms with E-state index in [9.17, 15) is 4.79 Å². The molecule has 0 aliphatic carbocycles. The van der Waals surface area contributed by atoms with Gasteiger partial charge in [0.05, 0.1) is 5.01 Å². The van der Waals surface area contributed by atoms with Gasteiger partial charge in [-0.3, -0.25) is 0 Å². The van der Waals surface area contributed by atoms with Gasteiger partial charge in [0.2, 0.25) is 0 Å². The van der Waals surface area contributed by atoms with Crippen LogP contribution in [-0.4, -0.2) is 21.0 Å². The molecule has 0 amide bonds. The lowest BCUT2D eigenvalue weighted by molar-refractivity contribution is 0.0691. The van der Waals surface area contributed by atoms with E-state index < -0.39 is 5.97 Å². The summed E-state index contributed by atoms with van der Waals surface area (Å²) in [6, 6.07) is 0. The second-order valence-electron chi connectivity index (χ2n) is 2.59. The largest absolute Gasteiger partial charge is 0.476 e. The second kappa shape index (κ2) is 3.22. The molecule has 0 spiro atoms. The topological polar surface area (TPSA) is 76.2 Å². The van der Waals surface area contributed by atoms with Crippen molar-refractivity contribution in [3.8, 4) is 11.5 Å². The van der Waals surface area contributed by atoms with Gasteiger partial charge in [-0.15, -0.1) is 11.3 Å². The van der Waals surface area contributed by atoms with Crippen molar-refractivity contribution in [2.24, 2.45) is 0 Å². The van der Waals surface area contributed by atoms with Gasteiger partial charge in [-0.25, -0.2) is 14.8 Å². The highest BCUT2D eigenvalue weighted by Gasteiger charge is 2.18. The number of thiazole rings is 1. The van der Waals surface area contributed by atoms with E-state index >= 15 is 0 Å². The molecule has 0 atom stereocenters. The Kier molecular flexibility index (Phi) is 2.05. The maximum Gasteiger partial charge on any atom is 0.358 e. The lowest BCUT2D eigenvalue weighted by Crippen LogP contribution is -1.98. The van der Waals surface area contributed by atoms with Gasteiger partial charge in [-0.2, -0.15) is 0 Å². The molecule has 2 aromatic rings. The highest BCUT2D eigenvalue weighted by atomic mass is 32.1. The fourth-order valence-corrected chi connectivity index (χ4v) is 1.64. The molecule has 0 saturated carbocycles. The van der Waals surface area contributed by atoms with Crippen LogP contribution in [0.3, 0.4) is 0 Å². The molecule has 0 saturated heterocycles. The number of aromatic nitrogens is 2. The van der Waals surface area contributed by atoms with E-state index in [1.807, 2.05) is 6.92 Å². The lowest BCUT2D eigenvalue weighted by atomic mass is 10.3. The first-order valence-corrected chi connectivity index (χ1v) is 4.65. The third-order valence-electron chi connectivity index (χ3n) is 1.62. The first kappa shape index (κ1) is 8.89. The maximum absolute atomic E-state index is 10.7. The van der Waals surface area contributed by atoms with Gasteiger partial charge in [0, 0.05) is 5.38 Å². The zero-order valence-corrected chi connectivity index (χ0v) is 8.04. The van der Waals surface area contributed by atoms with E-state index in [4.69, 9.17) is 9.52 Å². The normalized spacial score (nSPS) is 10.4. The number of nitrogens with zero attached hydrogens (tertiary/aromatic N) is 2. The van der Waals surface area contributed by atoms with Gasteiger partial charge in [0.25, 0.3) is 0 Å². The zero-order valence-electron chi connectivity index (χ0n) is 7.22. The molecule has 14 heavy (non-hydrogen) atoms. The summed E-state index contributed by atoms with van der Waals surface area (Å²) in [5, 5.41) is 11.4. The van der Waals surface area contributed by atoms with Crippen molar-refractivity contribution in [2.75, 3.05) is 0 Å². The standard InChI is InChI=1S/C8H6N2O3S/c1-4-10-5(2-14-4)7-6(8(11)12)9-3-13-7/h2-3H,1H3,(H,11,12). The molecule has 2 rings (SSSR count). The molecule has 0 aliphatic rings. The minimum Gasteiger partial charge on any atom is -0.476 e. The Balaban J connectivity index is 2.51. The summed E-state index contributed by atoms with van der Waals surface area (Å²) in [6.45, 7) is 1.84. The molecule has 6 heteroatoms. The lowest BCUT2D eigenvalue weighted by Gasteiger charge is -1.90. The predicted octanol–water partition coefficient (Wildman–Crippen LogP) is 1.80. The van der Waals surface area contributed by atoms with E-state index in [2.05, 4.69) is 9.97 Å². The number of oxazole rings is 1. The first-order valence-electron chi connectivity index (χ1n) is 3.78. The quantitative estimate of drug-likeness (QED) is 0.817. The summed E-state index contributed by atoms with van der Waals surface area (Å²) >= 11 is 1.43. The van der Waals surface area contributed by atoms with Gasteiger partial charge in [0.15, 0.2) is 17.8 Å². The summed E-state index contributed by atoms with van der Waals surface area (Å²) < 4.78 is 4.98. The van der Waals surface area contributed by atoms with Gasteiger partial charge in [-0.1, -0.05) is 0 Å². The predicted molar refractivity (Wildman–Crippen MR) is 49.3 cm³/mol. The molecule has 0 aliphatic heterocycles. The number of hydrogen-bond acceptors (Lipinski definition) is 5. The van der Waals surface area contributed by atoms with Crippen molar-refractivity contribution in [3.05, 3.63) is 22.5 Å². The number of carbonyl (C=O) groups is 1. The van der Waals surface area contributed by atoms with Crippen molar-refractivity contribution in [1.82, 2.24) is 9.97 Å². The fraction of sp³-hybridized carbons (Fsp3) is 0.125. The molecule has 0 unspecified atom stereocenters. The summed E-state index contributed by atoms with van der Waals surface area (Å²) in [5.41, 5.74) is 0.415. The highest BCUT2D eigenvalue weighted by Crippen LogP contribution is 2.24. The number of carboxylic acids is 1. The smallest absolute Gasteiger partial charge is 0.358 e. The van der Waals surface area contributed by atoms with E-state index in [0.717, 1.165) is 11.4 Å². The minimum absolute atomic E-state index is 0.102. The van der Waals surface area contributed by atoms with Crippen LogP contribution >= 0.6 is 11.3 Å². The monoisotopic (exact) mass is 210 g/mol. The van der Waals surface area contributed by atoms with Crippen molar-refractivity contribution >= 4 is 17.3 Å². The van der Waals surface area contributed by atoms with Crippen molar-refractivity contribution < 1.29 is 14.3 Å². The van der Waals surface area contributed by atoms with Crippen LogP contribution in [0.2, 0.25) is 0 Å². The van der Waals surface area contributed by atoms with Gasteiger partial charge >= 0.3 is 5.97 Å². The number of aryl methyl sites for hydroxylation is 1. The molecular formula is C8H6N2O3S. The number of hydrogen-bond donors (Lipinski definition) is 1. The maximum atomic E-state index is 10.7. The Morgan fingerprint density at radius 2 is 2.43 bits per heavy atom. The Morgan fingerprint density at radius 3 is 3.00 bits per heavy atom. The number of rotatable bonds is 2. The van der Waals surface area contributed by atoms with Gasteiger partial charge in [-0.05, 0) is 6.92 Å². The van der Waals surface area contributed by atoms with E-state index in [0.29, 0.717) is 5.69 Å². The molecular weight excluding hydrogens is 204 g/mol. The van der Waals surface area contributed by atoms with Gasteiger partial charge < -0.3 is 9.52 Å². The van der Waals surface area contributed by atoms with Crippen LogP contribution in [0, 0.1) is 6.92 Å². The summed E-state index contributed by atoms with van der Waals surface area (Å²) in [7, 11) is 0. The average molecular weight is 210 g/mol. The average Bonchev–Trinajstić information content (AvgIpc) is 2.70. The van der Waals surface area contributed by atoms with Crippen molar-refractivity contribution in [1.29, 1.82) is 0 Å². The Bertz CT molecular complexity index is 474. The molecule has 2 heterocycles. The van der Waals surface area contributed by atoms with Crippen LogP contribution in [0.25, 0.3) is 11.5 Å². The second-order valence-corrected chi connectivity index (χ2v) is 3.65. The van der Waals surface area contributed by atoms with Crippen LogP contribution in [-0.2, 0) is 0 Å². The Morgan fingerprint density at radius 1 is 1.64 bits per heavy atom. The molecule has 0 aromatic carbocycles. The van der Waals surface area contributed by atoms with Crippen molar-refractivity contribution in [3.63, 3.8) is 0 Å². The van der Waals surface area contributed by atoms with Crippen LogP contribution in [0.5, 0.6) is 0 Å². The molecule has 72 valence electrons. The van der Waals surface area contributed by atoms with Crippen LogP contribution in [0.15, 0.2) is 16.2 Å². The highest BCUT2D eigenvalue weighted by molar-refractivity contribution is 7.09. The molecule has 0 bridgehead atoms. The van der Waals surface area contributed by atoms with E-state index in [1.54, 1.807) is 5.38 Å². The Labute approximate surface area is 83.0 Å². The van der Waals surface area contributed by atoms with E-state index in [1.165, 1.54) is 11.3 Å². The first-order chi connectivity index (χ1) is 6.68. The van der Waals surface area contributed by atoms with Crippen molar-refractivity contribution in [2.45, 2.75) is 6.92 Å². The molecule has 1 N–H and O–H groups in total.